The van der Waals surface area contributed by atoms with Crippen molar-refractivity contribution in [3.63, 3.8) is 0 Å². The number of para-hydroxylation sites is 1. The Balaban J connectivity index is 1.82. The molecule has 3 aromatic rings. The first kappa shape index (κ1) is 18.1. The highest BCUT2D eigenvalue weighted by Crippen LogP contribution is 2.33. The van der Waals surface area contributed by atoms with E-state index in [0.717, 1.165) is 5.69 Å². The standard InChI is InChI=1S/C18H16Cl2N4O2/c1-25-14-7-6-11(8-15(14)26-2)23-16-9-17(22-10-21-16)24-18-12(19)4-3-5-13(18)20/h3-10H,1-2H3,(H2,21,22,23,24). The Morgan fingerprint density at radius 2 is 1.46 bits per heavy atom. The van der Waals surface area contributed by atoms with Crippen molar-refractivity contribution in [1.29, 1.82) is 0 Å². The number of ether oxygens (including phenoxy) is 2. The topological polar surface area (TPSA) is 68.3 Å². The Bertz CT molecular complexity index is 901. The smallest absolute Gasteiger partial charge is 0.162 e. The van der Waals surface area contributed by atoms with E-state index in [1.807, 2.05) is 18.2 Å². The zero-order valence-electron chi connectivity index (χ0n) is 14.1. The summed E-state index contributed by atoms with van der Waals surface area (Å²) in [4.78, 5) is 8.41. The number of methoxy groups -OCH3 is 2. The van der Waals surface area contributed by atoms with E-state index in [0.29, 0.717) is 38.9 Å². The van der Waals surface area contributed by atoms with E-state index >= 15 is 0 Å². The molecule has 26 heavy (non-hydrogen) atoms. The van der Waals surface area contributed by atoms with Gasteiger partial charge in [-0.05, 0) is 24.3 Å². The van der Waals surface area contributed by atoms with Crippen LogP contribution in [0.4, 0.5) is 23.0 Å². The summed E-state index contributed by atoms with van der Waals surface area (Å²) in [7, 11) is 3.18. The molecule has 0 atom stereocenters. The molecule has 0 unspecified atom stereocenters. The molecule has 2 N–H and O–H groups in total. The predicted octanol–water partition coefficient (Wildman–Crippen LogP) is 5.29. The molecule has 0 aliphatic rings. The van der Waals surface area contributed by atoms with Gasteiger partial charge in [-0.1, -0.05) is 29.3 Å². The van der Waals surface area contributed by atoms with E-state index in [1.165, 1.54) is 6.33 Å². The lowest BCUT2D eigenvalue weighted by Gasteiger charge is -2.12. The van der Waals surface area contributed by atoms with Gasteiger partial charge in [0.2, 0.25) is 0 Å². The van der Waals surface area contributed by atoms with Gasteiger partial charge in [0.15, 0.2) is 11.5 Å². The van der Waals surface area contributed by atoms with Gasteiger partial charge in [-0.3, -0.25) is 0 Å². The molecule has 0 aliphatic carbocycles. The molecule has 8 heteroatoms. The van der Waals surface area contributed by atoms with E-state index in [-0.39, 0.29) is 0 Å². The van der Waals surface area contributed by atoms with Crippen molar-refractivity contribution in [2.75, 3.05) is 24.9 Å². The number of hydrogen-bond acceptors (Lipinski definition) is 6. The van der Waals surface area contributed by atoms with Gasteiger partial charge >= 0.3 is 0 Å². The molecule has 0 aliphatic heterocycles. The number of anilines is 4. The molecule has 0 amide bonds. The van der Waals surface area contributed by atoms with Gasteiger partial charge in [-0.2, -0.15) is 0 Å². The van der Waals surface area contributed by atoms with Crippen LogP contribution in [0, 0.1) is 0 Å². The van der Waals surface area contributed by atoms with Crippen molar-refractivity contribution >= 4 is 46.2 Å². The molecule has 0 fully saturated rings. The van der Waals surface area contributed by atoms with Crippen LogP contribution in [0.5, 0.6) is 11.5 Å². The molecule has 0 saturated heterocycles. The van der Waals surface area contributed by atoms with Crippen LogP contribution in [0.1, 0.15) is 0 Å². The van der Waals surface area contributed by atoms with E-state index in [4.69, 9.17) is 32.7 Å². The summed E-state index contributed by atoms with van der Waals surface area (Å²) in [6, 6.07) is 12.5. The summed E-state index contributed by atoms with van der Waals surface area (Å²) in [6.45, 7) is 0. The molecule has 1 heterocycles. The largest absolute Gasteiger partial charge is 0.493 e. The third kappa shape index (κ3) is 4.09. The van der Waals surface area contributed by atoms with Gasteiger partial charge in [-0.25, -0.2) is 9.97 Å². The quantitative estimate of drug-likeness (QED) is 0.595. The zero-order chi connectivity index (χ0) is 18.5. The monoisotopic (exact) mass is 390 g/mol. The number of hydrogen-bond donors (Lipinski definition) is 2. The summed E-state index contributed by atoms with van der Waals surface area (Å²) in [5, 5.41) is 7.31. The normalized spacial score (nSPS) is 10.3. The Hall–Kier alpha value is -2.70. The van der Waals surface area contributed by atoms with Crippen LogP contribution in [0.2, 0.25) is 10.0 Å². The maximum atomic E-state index is 6.18. The van der Waals surface area contributed by atoms with Crippen molar-refractivity contribution in [3.8, 4) is 11.5 Å². The van der Waals surface area contributed by atoms with Crippen molar-refractivity contribution in [2.45, 2.75) is 0 Å². The van der Waals surface area contributed by atoms with Crippen LogP contribution in [-0.2, 0) is 0 Å². The highest BCUT2D eigenvalue weighted by atomic mass is 35.5. The second-order valence-electron chi connectivity index (χ2n) is 5.20. The second-order valence-corrected chi connectivity index (χ2v) is 6.02. The summed E-state index contributed by atoms with van der Waals surface area (Å²) < 4.78 is 10.5. The van der Waals surface area contributed by atoms with Crippen LogP contribution >= 0.6 is 23.2 Å². The van der Waals surface area contributed by atoms with E-state index in [2.05, 4.69) is 20.6 Å². The number of nitrogens with zero attached hydrogens (tertiary/aromatic N) is 2. The fraction of sp³-hybridized carbons (Fsp3) is 0.111. The van der Waals surface area contributed by atoms with Crippen molar-refractivity contribution in [2.24, 2.45) is 0 Å². The van der Waals surface area contributed by atoms with Gasteiger partial charge in [0.1, 0.15) is 18.0 Å². The number of nitrogens with one attached hydrogen (secondary N) is 2. The highest BCUT2D eigenvalue weighted by Gasteiger charge is 2.08. The van der Waals surface area contributed by atoms with E-state index in [9.17, 15) is 0 Å². The average Bonchev–Trinajstić information content (AvgIpc) is 2.65. The molecule has 134 valence electrons. The number of benzene rings is 2. The molecular weight excluding hydrogens is 375 g/mol. The van der Waals surface area contributed by atoms with Gasteiger partial charge in [0.25, 0.3) is 0 Å². The third-order valence-electron chi connectivity index (χ3n) is 3.54. The first-order chi connectivity index (χ1) is 12.6. The lowest BCUT2D eigenvalue weighted by atomic mass is 10.2. The molecule has 1 aromatic heterocycles. The minimum atomic E-state index is 0.505. The first-order valence-corrected chi connectivity index (χ1v) is 8.38. The summed E-state index contributed by atoms with van der Waals surface area (Å²) in [6.07, 6.45) is 1.44. The van der Waals surface area contributed by atoms with Crippen molar-refractivity contribution in [1.82, 2.24) is 9.97 Å². The Morgan fingerprint density at radius 3 is 2.12 bits per heavy atom. The average molecular weight is 391 g/mol. The Labute approximate surface area is 161 Å². The molecular formula is C18H16Cl2N4O2. The lowest BCUT2D eigenvalue weighted by molar-refractivity contribution is 0.355. The van der Waals surface area contributed by atoms with Crippen molar-refractivity contribution < 1.29 is 9.47 Å². The Morgan fingerprint density at radius 1 is 0.808 bits per heavy atom. The Kier molecular flexibility index (Phi) is 5.65. The van der Waals surface area contributed by atoms with Gasteiger partial charge in [-0.15, -0.1) is 0 Å². The predicted molar refractivity (Wildman–Crippen MR) is 105 cm³/mol. The SMILES string of the molecule is COc1ccc(Nc2cc(Nc3c(Cl)cccc3Cl)ncn2)cc1OC. The van der Waals surface area contributed by atoms with E-state index in [1.54, 1.807) is 38.5 Å². The van der Waals surface area contributed by atoms with Crippen LogP contribution in [0.3, 0.4) is 0 Å². The number of rotatable bonds is 6. The van der Waals surface area contributed by atoms with Gasteiger partial charge in [0, 0.05) is 17.8 Å². The minimum absolute atomic E-state index is 0.505. The summed E-state index contributed by atoms with van der Waals surface area (Å²) >= 11 is 12.4. The minimum Gasteiger partial charge on any atom is -0.493 e. The molecule has 0 spiro atoms. The third-order valence-corrected chi connectivity index (χ3v) is 4.17. The molecule has 0 radical (unpaired) electrons. The van der Waals surface area contributed by atoms with Crippen molar-refractivity contribution in [3.05, 3.63) is 58.8 Å². The first-order valence-electron chi connectivity index (χ1n) is 7.63. The van der Waals surface area contributed by atoms with Gasteiger partial charge < -0.3 is 20.1 Å². The maximum Gasteiger partial charge on any atom is 0.162 e. The molecule has 0 bridgehead atoms. The number of halogens is 2. The molecule has 2 aromatic carbocycles. The molecule has 0 saturated carbocycles. The van der Waals surface area contributed by atoms with Crippen LogP contribution in [0.15, 0.2) is 48.8 Å². The summed E-state index contributed by atoms with van der Waals surface area (Å²) in [5.41, 5.74) is 1.38. The number of aromatic nitrogens is 2. The van der Waals surface area contributed by atoms with Gasteiger partial charge in [0.05, 0.1) is 30.0 Å². The molecule has 3 rings (SSSR count). The fourth-order valence-electron chi connectivity index (χ4n) is 2.30. The van der Waals surface area contributed by atoms with Crippen LogP contribution in [0.25, 0.3) is 0 Å². The fourth-order valence-corrected chi connectivity index (χ4v) is 2.79. The second kappa shape index (κ2) is 8.12. The lowest BCUT2D eigenvalue weighted by Crippen LogP contribution is -2.00. The van der Waals surface area contributed by atoms with E-state index < -0.39 is 0 Å². The zero-order valence-corrected chi connectivity index (χ0v) is 15.6. The van der Waals surface area contributed by atoms with Crippen LogP contribution < -0.4 is 20.1 Å². The molecule has 6 nitrogen and oxygen atoms in total. The summed E-state index contributed by atoms with van der Waals surface area (Å²) in [5.74, 6) is 2.42. The highest BCUT2D eigenvalue weighted by molar-refractivity contribution is 6.39. The van der Waals surface area contributed by atoms with Crippen LogP contribution in [-0.4, -0.2) is 24.2 Å². The maximum absolute atomic E-state index is 6.18.